The van der Waals surface area contributed by atoms with E-state index >= 15 is 0 Å². The number of pyridine rings is 1. The number of hydrogen-bond donors (Lipinski definition) is 1. The van der Waals surface area contributed by atoms with Gasteiger partial charge in [0.1, 0.15) is 25.3 Å². The number of alkyl halides is 1. The van der Waals surface area contributed by atoms with E-state index in [0.29, 0.717) is 65.8 Å². The summed E-state index contributed by atoms with van der Waals surface area (Å²) in [5.41, 5.74) is 6.28. The zero-order chi connectivity index (χ0) is 36.8. The van der Waals surface area contributed by atoms with Crippen molar-refractivity contribution in [1.29, 1.82) is 0 Å². The Kier molecular flexibility index (Phi) is 10.5. The molecule has 8 atom stereocenters. The van der Waals surface area contributed by atoms with Crippen LogP contribution in [0.3, 0.4) is 0 Å². The third kappa shape index (κ3) is 6.87. The third-order valence-electron chi connectivity index (χ3n) is 14.3. The van der Waals surface area contributed by atoms with Crippen molar-refractivity contribution in [3.63, 3.8) is 0 Å². The Balaban J connectivity index is 1.21. The summed E-state index contributed by atoms with van der Waals surface area (Å²) in [6.07, 6.45) is 14.1. The standard InChI is InChI=1S/C43H60FN3O4/c1-8-31(20-40(4,5)26-48)51-32-14-17-41(6)29(19-32)13-16-42(7)34-15-18-43(22-37(47-45)50-25-30-10-9-28(23-44)24-46-30)21-35(49)38(27(2)3)39(43)33(34)11-12-36(41)42/h9-10,24,26-27,29,32-34,36H,1,11-23,25,45H2,2-7H3/b47-37-. The number of rotatable bonds is 11. The molecule has 51 heavy (non-hydrogen) atoms. The number of nitrogens with zero attached hydrogens (tertiary/aromatic N) is 2. The first-order chi connectivity index (χ1) is 24.2. The number of fused-ring (bicyclic) bond motifs is 7. The highest BCUT2D eigenvalue weighted by molar-refractivity contribution is 6.01. The second-order valence-corrected chi connectivity index (χ2v) is 18.2. The van der Waals surface area contributed by atoms with E-state index in [1.54, 1.807) is 12.1 Å². The summed E-state index contributed by atoms with van der Waals surface area (Å²) in [5.74, 6) is 9.70. The van der Waals surface area contributed by atoms with E-state index in [-0.39, 0.29) is 40.7 Å². The minimum atomic E-state index is -0.553. The average Bonchev–Trinajstić information content (AvgIpc) is 3.42. The van der Waals surface area contributed by atoms with E-state index in [1.165, 1.54) is 31.0 Å². The lowest BCUT2D eigenvalue weighted by Gasteiger charge is -2.66. The van der Waals surface area contributed by atoms with E-state index in [4.69, 9.17) is 15.3 Å². The lowest BCUT2D eigenvalue weighted by molar-refractivity contribution is -0.164. The second-order valence-electron chi connectivity index (χ2n) is 18.2. The number of allylic oxidation sites excluding steroid dienone is 3. The Morgan fingerprint density at radius 3 is 2.57 bits per heavy atom. The molecule has 0 saturated heterocycles. The maximum absolute atomic E-state index is 13.9. The van der Waals surface area contributed by atoms with Gasteiger partial charge in [-0.15, -0.1) is 5.10 Å². The Hall–Kier alpha value is -3.25. The van der Waals surface area contributed by atoms with Crippen LogP contribution >= 0.6 is 0 Å². The average molecular weight is 702 g/mol. The smallest absolute Gasteiger partial charge is 0.206 e. The summed E-state index contributed by atoms with van der Waals surface area (Å²) in [6.45, 7) is 16.9. The van der Waals surface area contributed by atoms with Crippen molar-refractivity contribution in [3.8, 4) is 0 Å². The predicted octanol–water partition coefficient (Wildman–Crippen LogP) is 9.35. The van der Waals surface area contributed by atoms with Gasteiger partial charge in [0.15, 0.2) is 5.78 Å². The van der Waals surface area contributed by atoms with Crippen molar-refractivity contribution in [3.05, 3.63) is 58.8 Å². The quantitative estimate of drug-likeness (QED) is 0.0469. The number of aromatic nitrogens is 1. The number of ketones is 1. The highest BCUT2D eigenvalue weighted by Crippen LogP contribution is 2.71. The largest absolute Gasteiger partial charge is 0.487 e. The van der Waals surface area contributed by atoms with Crippen LogP contribution in [0.2, 0.25) is 0 Å². The fourth-order valence-electron chi connectivity index (χ4n) is 11.9. The molecule has 5 aliphatic rings. The van der Waals surface area contributed by atoms with Gasteiger partial charge < -0.3 is 20.1 Å². The molecule has 0 aliphatic heterocycles. The number of carbonyl (C=O) groups is 2. The molecule has 278 valence electrons. The monoisotopic (exact) mass is 701 g/mol. The van der Waals surface area contributed by atoms with Gasteiger partial charge in [-0.3, -0.25) is 9.78 Å². The molecule has 4 saturated carbocycles. The van der Waals surface area contributed by atoms with E-state index in [2.05, 4.69) is 50.1 Å². The first-order valence-electron chi connectivity index (χ1n) is 19.4. The Morgan fingerprint density at radius 2 is 1.92 bits per heavy atom. The van der Waals surface area contributed by atoms with Crippen molar-refractivity contribution < 1.29 is 23.5 Å². The van der Waals surface area contributed by atoms with E-state index in [0.717, 1.165) is 50.4 Å². The third-order valence-corrected chi connectivity index (χ3v) is 14.3. The van der Waals surface area contributed by atoms with Crippen molar-refractivity contribution in [2.24, 2.45) is 62.2 Å². The molecule has 0 radical (unpaired) electrons. The molecule has 5 aliphatic carbocycles. The molecule has 0 aromatic carbocycles. The number of hydrazone groups is 1. The number of carbonyl (C=O) groups excluding carboxylic acids is 2. The van der Waals surface area contributed by atoms with Crippen molar-refractivity contribution >= 4 is 18.0 Å². The maximum atomic E-state index is 13.9. The van der Waals surface area contributed by atoms with E-state index in [1.807, 2.05) is 13.8 Å². The molecule has 0 bridgehead atoms. The summed E-state index contributed by atoms with van der Waals surface area (Å²) >= 11 is 0. The van der Waals surface area contributed by atoms with Gasteiger partial charge in [0.25, 0.3) is 0 Å². The summed E-state index contributed by atoms with van der Waals surface area (Å²) in [5, 5.41) is 4.11. The molecule has 1 heterocycles. The van der Waals surface area contributed by atoms with Gasteiger partial charge >= 0.3 is 0 Å². The summed E-state index contributed by atoms with van der Waals surface area (Å²) < 4.78 is 25.7. The lowest BCUT2D eigenvalue weighted by atomic mass is 9.39. The SMILES string of the molecule is C=C=C(CC(C)(C)C=O)OC1CCC2(C)C(CCC3(C)C4CCC5(C/C(=N/N)OCc6ccc(CF)cn6)CC(=O)C(C(C)C)=C5C4CCC23)C1. The number of aldehydes is 1. The number of ether oxygens (including phenoxy) is 2. The van der Waals surface area contributed by atoms with Crippen molar-refractivity contribution in [1.82, 2.24) is 4.98 Å². The van der Waals surface area contributed by atoms with Crippen LogP contribution in [0.4, 0.5) is 4.39 Å². The van der Waals surface area contributed by atoms with E-state index in [9.17, 15) is 14.0 Å². The van der Waals surface area contributed by atoms with Gasteiger partial charge in [-0.25, -0.2) is 4.39 Å². The number of Topliss-reactive ketones (excluding diaryl/α,β-unsaturated/α-hetero) is 1. The molecule has 6 rings (SSSR count). The van der Waals surface area contributed by atoms with Gasteiger partial charge in [-0.2, -0.15) is 0 Å². The Morgan fingerprint density at radius 1 is 1.16 bits per heavy atom. The number of nitrogens with two attached hydrogens (primary N) is 1. The predicted molar refractivity (Wildman–Crippen MR) is 198 cm³/mol. The Bertz CT molecular complexity index is 1610. The highest BCUT2D eigenvalue weighted by atomic mass is 19.1. The van der Waals surface area contributed by atoms with Crippen molar-refractivity contribution in [2.45, 2.75) is 138 Å². The molecule has 2 N–H and O–H groups in total. The molecule has 0 amide bonds. The van der Waals surface area contributed by atoms with Gasteiger partial charge in [0.05, 0.1) is 11.8 Å². The molecule has 4 fully saturated rings. The summed E-state index contributed by atoms with van der Waals surface area (Å²) in [6, 6.07) is 3.49. The van der Waals surface area contributed by atoms with Crippen LogP contribution in [0.15, 0.2) is 52.6 Å². The van der Waals surface area contributed by atoms with Crippen LogP contribution in [0.5, 0.6) is 0 Å². The highest BCUT2D eigenvalue weighted by Gasteiger charge is 2.64. The minimum Gasteiger partial charge on any atom is -0.487 e. The van der Waals surface area contributed by atoms with E-state index < -0.39 is 12.1 Å². The summed E-state index contributed by atoms with van der Waals surface area (Å²) in [4.78, 5) is 29.9. The van der Waals surface area contributed by atoms with Crippen LogP contribution in [0.1, 0.15) is 130 Å². The molecule has 7 nitrogen and oxygen atoms in total. The van der Waals surface area contributed by atoms with Gasteiger partial charge in [-0.05, 0) is 110 Å². The first kappa shape index (κ1) is 37.5. The molecular formula is C43H60FN3O4. The molecule has 1 aromatic rings. The normalized spacial score (nSPS) is 34.9. The summed E-state index contributed by atoms with van der Waals surface area (Å²) in [7, 11) is 0. The fourth-order valence-corrected chi connectivity index (χ4v) is 11.9. The van der Waals surface area contributed by atoms with Crippen LogP contribution < -0.4 is 5.84 Å². The number of halogens is 1. The molecule has 1 aromatic heterocycles. The first-order valence-corrected chi connectivity index (χ1v) is 19.4. The number of hydrogen-bond acceptors (Lipinski definition) is 7. The maximum Gasteiger partial charge on any atom is 0.206 e. The fraction of sp³-hybridized carbons (Fsp3) is 0.698. The van der Waals surface area contributed by atoms with Crippen LogP contribution in [0.25, 0.3) is 0 Å². The zero-order valence-corrected chi connectivity index (χ0v) is 31.9. The molecular weight excluding hydrogens is 641 g/mol. The minimum absolute atomic E-state index is 0.139. The zero-order valence-electron chi connectivity index (χ0n) is 31.9. The molecule has 8 heteroatoms. The van der Waals surface area contributed by atoms with Crippen LogP contribution in [-0.4, -0.2) is 29.1 Å². The van der Waals surface area contributed by atoms with Gasteiger partial charge in [0.2, 0.25) is 5.90 Å². The lowest BCUT2D eigenvalue weighted by Crippen LogP contribution is -2.59. The topological polar surface area (TPSA) is 104 Å². The second kappa shape index (κ2) is 14.3. The van der Waals surface area contributed by atoms with Gasteiger partial charge in [0, 0.05) is 41.9 Å². The van der Waals surface area contributed by atoms with Crippen LogP contribution in [-0.2, 0) is 32.3 Å². The Labute approximate surface area is 304 Å². The van der Waals surface area contributed by atoms with Gasteiger partial charge in [-0.1, -0.05) is 65.5 Å². The molecule has 8 unspecified atom stereocenters. The molecule has 0 spiro atoms. The van der Waals surface area contributed by atoms with Crippen molar-refractivity contribution in [2.75, 3.05) is 0 Å². The van der Waals surface area contributed by atoms with Crippen LogP contribution in [0, 0.1) is 51.2 Å².